The fourth-order valence-corrected chi connectivity index (χ4v) is 3.81. The van der Waals surface area contributed by atoms with Crippen LogP contribution in [0.25, 0.3) is 22.2 Å². The van der Waals surface area contributed by atoms with E-state index in [4.69, 9.17) is 14.0 Å². The highest BCUT2D eigenvalue weighted by molar-refractivity contribution is 7.19. The Hall–Kier alpha value is -3.72. The van der Waals surface area contributed by atoms with E-state index in [1.54, 1.807) is 25.3 Å². The molecular weight excluding hydrogens is 416 g/mol. The second kappa shape index (κ2) is 8.57. The van der Waals surface area contributed by atoms with Gasteiger partial charge in [-0.2, -0.15) is 4.98 Å². The third-order valence-corrected chi connectivity index (χ3v) is 5.65. The van der Waals surface area contributed by atoms with E-state index < -0.39 is 0 Å². The number of methoxy groups -OCH3 is 2. The summed E-state index contributed by atoms with van der Waals surface area (Å²) in [6.07, 6.45) is 0. The molecule has 0 saturated carbocycles. The van der Waals surface area contributed by atoms with Crippen LogP contribution in [0.15, 0.2) is 47.0 Å². The number of carbonyl (C=O) groups is 1. The van der Waals surface area contributed by atoms with Gasteiger partial charge in [-0.05, 0) is 32.0 Å². The summed E-state index contributed by atoms with van der Waals surface area (Å²) in [4.78, 5) is 22.3. The Kier molecular flexibility index (Phi) is 5.68. The van der Waals surface area contributed by atoms with Gasteiger partial charge in [0.05, 0.1) is 19.9 Å². The molecule has 158 valence electrons. The molecule has 4 rings (SSSR count). The van der Waals surface area contributed by atoms with Crippen molar-refractivity contribution in [3.63, 3.8) is 0 Å². The van der Waals surface area contributed by atoms with Crippen molar-refractivity contribution in [2.45, 2.75) is 13.8 Å². The molecule has 0 atom stereocenters. The molecule has 2 aromatic heterocycles. The number of anilines is 1. The highest BCUT2D eigenvalue weighted by atomic mass is 32.1. The lowest BCUT2D eigenvalue weighted by atomic mass is 10.1. The first-order valence-electron chi connectivity index (χ1n) is 9.40. The summed E-state index contributed by atoms with van der Waals surface area (Å²) in [5, 5.41) is 7.30. The minimum absolute atomic E-state index is 0.313. The molecule has 9 heteroatoms. The minimum atomic E-state index is -0.313. The smallest absolute Gasteiger partial charge is 0.270 e. The molecule has 1 N–H and O–H groups in total. The van der Waals surface area contributed by atoms with Gasteiger partial charge in [0.15, 0.2) is 16.6 Å². The molecule has 0 spiro atoms. The number of thiazole rings is 1. The summed E-state index contributed by atoms with van der Waals surface area (Å²) in [6, 6.07) is 12.8. The van der Waals surface area contributed by atoms with Crippen LogP contribution in [0, 0.1) is 13.8 Å². The Morgan fingerprint density at radius 2 is 1.74 bits per heavy atom. The number of amides is 1. The van der Waals surface area contributed by atoms with Crippen LogP contribution in [0.5, 0.6) is 11.5 Å². The molecule has 8 nitrogen and oxygen atoms in total. The summed E-state index contributed by atoms with van der Waals surface area (Å²) in [7, 11) is 3.06. The molecular formula is C22H20N4O4S. The van der Waals surface area contributed by atoms with Crippen LogP contribution >= 0.6 is 11.3 Å². The average molecular weight is 436 g/mol. The van der Waals surface area contributed by atoms with Crippen molar-refractivity contribution in [2.75, 3.05) is 19.5 Å². The summed E-state index contributed by atoms with van der Waals surface area (Å²) in [5.41, 5.74) is 3.13. The molecule has 4 aromatic rings. The molecule has 0 aliphatic carbocycles. The van der Waals surface area contributed by atoms with Gasteiger partial charge in [-0.3, -0.25) is 10.1 Å². The number of rotatable bonds is 6. The molecule has 2 heterocycles. The molecule has 31 heavy (non-hydrogen) atoms. The number of aromatic nitrogens is 3. The molecule has 0 saturated heterocycles. The Morgan fingerprint density at radius 3 is 2.45 bits per heavy atom. The topological polar surface area (TPSA) is 99.4 Å². The Bertz CT molecular complexity index is 1230. The lowest BCUT2D eigenvalue weighted by Gasteiger charge is -2.09. The minimum Gasteiger partial charge on any atom is -0.493 e. The second-order valence-corrected chi connectivity index (χ2v) is 7.75. The third kappa shape index (κ3) is 4.26. The van der Waals surface area contributed by atoms with Crippen molar-refractivity contribution in [2.24, 2.45) is 0 Å². The fourth-order valence-electron chi connectivity index (χ4n) is 2.93. The maximum absolute atomic E-state index is 12.7. The van der Waals surface area contributed by atoms with Crippen LogP contribution in [-0.4, -0.2) is 35.3 Å². The number of hydrogen-bond donors (Lipinski definition) is 1. The lowest BCUT2D eigenvalue weighted by molar-refractivity contribution is 0.102. The Labute approximate surface area is 182 Å². The molecule has 0 aliphatic heterocycles. The van der Waals surface area contributed by atoms with E-state index in [1.807, 2.05) is 38.1 Å². The van der Waals surface area contributed by atoms with Gasteiger partial charge < -0.3 is 14.0 Å². The number of nitrogens with zero attached hydrogens (tertiary/aromatic N) is 3. The highest BCUT2D eigenvalue weighted by Crippen LogP contribution is 2.33. The monoisotopic (exact) mass is 436 g/mol. The van der Waals surface area contributed by atoms with E-state index in [-0.39, 0.29) is 5.91 Å². The van der Waals surface area contributed by atoms with Crippen LogP contribution in [0.2, 0.25) is 0 Å². The number of hydrogen-bond acceptors (Lipinski definition) is 8. The van der Waals surface area contributed by atoms with E-state index >= 15 is 0 Å². The van der Waals surface area contributed by atoms with Crippen LogP contribution in [0.4, 0.5) is 5.13 Å². The number of ether oxygens (including phenoxy) is 2. The van der Waals surface area contributed by atoms with Gasteiger partial charge in [0, 0.05) is 11.1 Å². The van der Waals surface area contributed by atoms with Crippen molar-refractivity contribution < 1.29 is 18.8 Å². The summed E-state index contributed by atoms with van der Waals surface area (Å²) < 4.78 is 15.9. The largest absolute Gasteiger partial charge is 0.493 e. The predicted octanol–water partition coefficient (Wildman–Crippen LogP) is 4.75. The summed E-state index contributed by atoms with van der Waals surface area (Å²) in [6.45, 7) is 3.84. The molecule has 0 unspecified atom stereocenters. The van der Waals surface area contributed by atoms with E-state index in [9.17, 15) is 4.79 Å². The number of nitrogens with one attached hydrogen (secondary N) is 1. The zero-order valence-corrected chi connectivity index (χ0v) is 18.2. The van der Waals surface area contributed by atoms with Gasteiger partial charge in [0.1, 0.15) is 4.88 Å². The fraction of sp³-hybridized carbons (Fsp3) is 0.182. The second-order valence-electron chi connectivity index (χ2n) is 6.75. The Morgan fingerprint density at radius 1 is 1.00 bits per heavy atom. The van der Waals surface area contributed by atoms with Crippen LogP contribution in [0.3, 0.4) is 0 Å². The standard InChI is InChI=1S/C22H20N4O4S/c1-12-5-7-14(8-6-12)19-24-21(30-26-19)18-13(2)23-22(31-18)25-20(27)15-9-10-16(28-3)17(11-15)29-4/h5-11H,1-4H3,(H,23,25,27). The molecule has 0 fully saturated rings. The highest BCUT2D eigenvalue weighted by Gasteiger charge is 2.19. The van der Waals surface area contributed by atoms with Crippen molar-refractivity contribution in [1.29, 1.82) is 0 Å². The van der Waals surface area contributed by atoms with Crippen LogP contribution in [-0.2, 0) is 0 Å². The van der Waals surface area contributed by atoms with E-state index in [0.717, 1.165) is 11.1 Å². The number of aryl methyl sites for hydroxylation is 2. The van der Waals surface area contributed by atoms with Crippen molar-refractivity contribution in [1.82, 2.24) is 15.1 Å². The lowest BCUT2D eigenvalue weighted by Crippen LogP contribution is -2.11. The van der Waals surface area contributed by atoms with Crippen molar-refractivity contribution in [3.8, 4) is 33.7 Å². The molecule has 0 aliphatic rings. The molecule has 2 aromatic carbocycles. The van der Waals surface area contributed by atoms with Gasteiger partial charge in [-0.1, -0.05) is 46.3 Å². The first-order valence-corrected chi connectivity index (χ1v) is 10.2. The maximum atomic E-state index is 12.7. The van der Waals surface area contributed by atoms with E-state index in [1.165, 1.54) is 18.4 Å². The van der Waals surface area contributed by atoms with Crippen LogP contribution < -0.4 is 14.8 Å². The predicted molar refractivity (Wildman–Crippen MR) is 118 cm³/mol. The first-order chi connectivity index (χ1) is 15.0. The van der Waals surface area contributed by atoms with Gasteiger partial charge in [-0.15, -0.1) is 0 Å². The van der Waals surface area contributed by atoms with Gasteiger partial charge in [-0.25, -0.2) is 4.98 Å². The Balaban J connectivity index is 1.54. The van der Waals surface area contributed by atoms with E-state index in [0.29, 0.717) is 44.5 Å². The molecule has 1 amide bonds. The number of carbonyl (C=O) groups excluding carboxylic acids is 1. The third-order valence-electron chi connectivity index (χ3n) is 4.59. The number of benzene rings is 2. The zero-order chi connectivity index (χ0) is 22.0. The first kappa shape index (κ1) is 20.5. The quantitative estimate of drug-likeness (QED) is 0.466. The molecule has 0 radical (unpaired) electrons. The summed E-state index contributed by atoms with van der Waals surface area (Å²) >= 11 is 1.27. The van der Waals surface area contributed by atoms with Crippen molar-refractivity contribution >= 4 is 22.4 Å². The van der Waals surface area contributed by atoms with Crippen molar-refractivity contribution in [3.05, 3.63) is 59.3 Å². The summed E-state index contributed by atoms with van der Waals surface area (Å²) in [5.74, 6) is 1.57. The van der Waals surface area contributed by atoms with Gasteiger partial charge in [0.2, 0.25) is 5.82 Å². The van der Waals surface area contributed by atoms with Crippen LogP contribution in [0.1, 0.15) is 21.6 Å². The SMILES string of the molecule is COc1ccc(C(=O)Nc2nc(C)c(-c3nc(-c4ccc(C)cc4)no3)s2)cc1OC. The molecule has 0 bridgehead atoms. The van der Waals surface area contributed by atoms with E-state index in [2.05, 4.69) is 20.4 Å². The average Bonchev–Trinajstić information content (AvgIpc) is 3.40. The van der Waals surface area contributed by atoms with Gasteiger partial charge >= 0.3 is 0 Å². The normalized spacial score (nSPS) is 10.7. The van der Waals surface area contributed by atoms with Gasteiger partial charge in [0.25, 0.3) is 11.8 Å². The maximum Gasteiger partial charge on any atom is 0.270 e. The zero-order valence-electron chi connectivity index (χ0n) is 17.4.